The molecule has 2 aromatic rings. The second kappa shape index (κ2) is 5.63. The van der Waals surface area contributed by atoms with Gasteiger partial charge in [-0.1, -0.05) is 12.1 Å². The van der Waals surface area contributed by atoms with Gasteiger partial charge in [-0.3, -0.25) is 4.79 Å². The number of hydrogen-bond acceptors (Lipinski definition) is 5. The number of sulfonamides is 1. The van der Waals surface area contributed by atoms with Gasteiger partial charge in [-0.05, 0) is 43.4 Å². The van der Waals surface area contributed by atoms with Gasteiger partial charge in [0.1, 0.15) is 17.7 Å². The molecule has 9 heteroatoms. The SMILES string of the molecule is Cc1nnc2n1CC(C(=O)O)N(S(=O)(=O)c1ccc(C3CC3)cc1)C2. The van der Waals surface area contributed by atoms with Gasteiger partial charge in [0.2, 0.25) is 10.0 Å². The van der Waals surface area contributed by atoms with E-state index in [0.717, 1.165) is 22.7 Å². The molecule has 0 amide bonds. The molecular formula is C16H18N4O4S. The molecule has 1 atom stereocenters. The summed E-state index contributed by atoms with van der Waals surface area (Å²) in [6, 6.07) is 5.57. The van der Waals surface area contributed by atoms with Gasteiger partial charge in [0.15, 0.2) is 0 Å². The summed E-state index contributed by atoms with van der Waals surface area (Å²) in [4.78, 5) is 11.8. The molecule has 0 radical (unpaired) electrons. The van der Waals surface area contributed by atoms with E-state index >= 15 is 0 Å². The second-order valence-corrected chi connectivity index (χ2v) is 8.41. The lowest BCUT2D eigenvalue weighted by Gasteiger charge is -2.32. The van der Waals surface area contributed by atoms with Gasteiger partial charge in [-0.15, -0.1) is 10.2 Å². The van der Waals surface area contributed by atoms with Crippen LogP contribution in [0.1, 0.15) is 36.0 Å². The van der Waals surface area contributed by atoms with Crippen molar-refractivity contribution in [3.8, 4) is 0 Å². The van der Waals surface area contributed by atoms with Crippen LogP contribution in [0.2, 0.25) is 0 Å². The third-order valence-corrected chi connectivity index (χ3v) is 6.70. The van der Waals surface area contributed by atoms with Crippen LogP contribution in [0.3, 0.4) is 0 Å². The van der Waals surface area contributed by atoms with Gasteiger partial charge in [0, 0.05) is 0 Å². The van der Waals surface area contributed by atoms with Crippen LogP contribution in [-0.4, -0.2) is 44.6 Å². The van der Waals surface area contributed by atoms with Crippen LogP contribution >= 0.6 is 0 Å². The molecule has 2 heterocycles. The fourth-order valence-electron chi connectivity index (χ4n) is 3.21. The summed E-state index contributed by atoms with van der Waals surface area (Å²) >= 11 is 0. The van der Waals surface area contributed by atoms with Crippen molar-refractivity contribution in [1.29, 1.82) is 0 Å². The Hall–Kier alpha value is -2.26. The summed E-state index contributed by atoms with van der Waals surface area (Å²) in [7, 11) is -3.94. The zero-order chi connectivity index (χ0) is 17.8. The first-order valence-corrected chi connectivity index (χ1v) is 9.55. The number of hydrogen-bond donors (Lipinski definition) is 1. The van der Waals surface area contributed by atoms with Crippen molar-refractivity contribution in [2.45, 2.75) is 49.7 Å². The fourth-order valence-corrected chi connectivity index (χ4v) is 4.74. The van der Waals surface area contributed by atoms with Gasteiger partial charge in [-0.2, -0.15) is 4.31 Å². The Labute approximate surface area is 145 Å². The highest BCUT2D eigenvalue weighted by atomic mass is 32.2. The maximum absolute atomic E-state index is 13.0. The van der Waals surface area contributed by atoms with E-state index in [1.54, 1.807) is 23.6 Å². The molecule has 1 saturated carbocycles. The molecule has 0 saturated heterocycles. The number of aromatic nitrogens is 3. The molecule has 1 aliphatic carbocycles. The topological polar surface area (TPSA) is 105 Å². The average molecular weight is 362 g/mol. The summed E-state index contributed by atoms with van der Waals surface area (Å²) in [6.07, 6.45) is 2.27. The molecule has 1 aromatic heterocycles. The summed E-state index contributed by atoms with van der Waals surface area (Å²) in [5, 5.41) is 17.4. The third-order valence-electron chi connectivity index (χ3n) is 4.83. The van der Waals surface area contributed by atoms with Crippen LogP contribution in [0.15, 0.2) is 29.2 Å². The average Bonchev–Trinajstić information content (AvgIpc) is 3.38. The van der Waals surface area contributed by atoms with Gasteiger partial charge >= 0.3 is 5.97 Å². The lowest BCUT2D eigenvalue weighted by Crippen LogP contribution is -2.50. The summed E-state index contributed by atoms with van der Waals surface area (Å²) in [5.41, 5.74) is 1.13. The minimum atomic E-state index is -3.94. The first-order valence-electron chi connectivity index (χ1n) is 8.11. The van der Waals surface area contributed by atoms with E-state index in [-0.39, 0.29) is 18.0 Å². The molecule has 0 bridgehead atoms. The highest BCUT2D eigenvalue weighted by Crippen LogP contribution is 2.40. The van der Waals surface area contributed by atoms with Crippen molar-refractivity contribution in [3.05, 3.63) is 41.5 Å². The maximum Gasteiger partial charge on any atom is 0.323 e. The Morgan fingerprint density at radius 3 is 2.48 bits per heavy atom. The predicted octanol–water partition coefficient (Wildman–Crippen LogP) is 1.12. The smallest absolute Gasteiger partial charge is 0.323 e. The van der Waals surface area contributed by atoms with E-state index in [0.29, 0.717) is 17.6 Å². The molecule has 4 rings (SSSR count). The van der Waals surface area contributed by atoms with Crippen LogP contribution in [0, 0.1) is 6.92 Å². The number of carboxylic acid groups (broad SMARTS) is 1. The van der Waals surface area contributed by atoms with Crippen molar-refractivity contribution >= 4 is 16.0 Å². The Morgan fingerprint density at radius 2 is 1.88 bits per heavy atom. The van der Waals surface area contributed by atoms with Crippen LogP contribution in [-0.2, 0) is 27.9 Å². The monoisotopic (exact) mass is 362 g/mol. The molecule has 1 N–H and O–H groups in total. The first-order chi connectivity index (χ1) is 11.9. The van der Waals surface area contributed by atoms with Gasteiger partial charge in [0.05, 0.1) is 18.0 Å². The summed E-state index contributed by atoms with van der Waals surface area (Å²) in [6.45, 7) is 1.61. The summed E-state index contributed by atoms with van der Waals surface area (Å²) in [5.74, 6) is 0.372. The van der Waals surface area contributed by atoms with E-state index in [2.05, 4.69) is 10.2 Å². The van der Waals surface area contributed by atoms with E-state index in [1.807, 2.05) is 12.1 Å². The van der Waals surface area contributed by atoms with Crippen molar-refractivity contribution in [1.82, 2.24) is 19.1 Å². The molecule has 2 aliphatic rings. The first kappa shape index (κ1) is 16.2. The van der Waals surface area contributed by atoms with Gasteiger partial charge < -0.3 is 9.67 Å². The van der Waals surface area contributed by atoms with Gasteiger partial charge in [-0.25, -0.2) is 8.42 Å². The number of aliphatic carboxylic acids is 1. The van der Waals surface area contributed by atoms with Crippen LogP contribution < -0.4 is 0 Å². The number of aryl methyl sites for hydroxylation is 1. The van der Waals surface area contributed by atoms with Crippen LogP contribution in [0.5, 0.6) is 0 Å². The number of fused-ring (bicyclic) bond motifs is 1. The largest absolute Gasteiger partial charge is 0.480 e. The Morgan fingerprint density at radius 1 is 1.20 bits per heavy atom. The van der Waals surface area contributed by atoms with E-state index in [4.69, 9.17) is 0 Å². The maximum atomic E-state index is 13.0. The molecule has 25 heavy (non-hydrogen) atoms. The van der Waals surface area contributed by atoms with Crippen LogP contribution in [0.4, 0.5) is 0 Å². The highest BCUT2D eigenvalue weighted by molar-refractivity contribution is 7.89. The molecule has 132 valence electrons. The van der Waals surface area contributed by atoms with Crippen LogP contribution in [0.25, 0.3) is 0 Å². The molecule has 1 unspecified atom stereocenters. The molecule has 8 nitrogen and oxygen atoms in total. The second-order valence-electron chi connectivity index (χ2n) is 6.52. The highest BCUT2D eigenvalue weighted by Gasteiger charge is 2.41. The Kier molecular flexibility index (Phi) is 3.66. The lowest BCUT2D eigenvalue weighted by molar-refractivity contribution is -0.142. The Bertz CT molecular complexity index is 932. The number of rotatable bonds is 4. The van der Waals surface area contributed by atoms with E-state index in [9.17, 15) is 18.3 Å². The minimum absolute atomic E-state index is 0.00286. The molecular weight excluding hydrogens is 344 g/mol. The zero-order valence-electron chi connectivity index (χ0n) is 13.7. The quantitative estimate of drug-likeness (QED) is 0.874. The normalized spacial score (nSPS) is 21.1. The minimum Gasteiger partial charge on any atom is -0.480 e. The van der Waals surface area contributed by atoms with E-state index < -0.39 is 22.0 Å². The molecule has 1 aliphatic heterocycles. The Balaban J connectivity index is 1.70. The molecule has 1 fully saturated rings. The van der Waals surface area contributed by atoms with Crippen molar-refractivity contribution in [3.63, 3.8) is 0 Å². The van der Waals surface area contributed by atoms with Crippen molar-refractivity contribution < 1.29 is 18.3 Å². The van der Waals surface area contributed by atoms with Gasteiger partial charge in [0.25, 0.3) is 0 Å². The van der Waals surface area contributed by atoms with Crippen molar-refractivity contribution in [2.24, 2.45) is 0 Å². The molecule has 0 spiro atoms. The number of benzene rings is 1. The third kappa shape index (κ3) is 2.73. The lowest BCUT2D eigenvalue weighted by atomic mass is 10.1. The predicted molar refractivity (Wildman–Crippen MR) is 87.3 cm³/mol. The van der Waals surface area contributed by atoms with E-state index in [1.165, 1.54) is 0 Å². The fraction of sp³-hybridized carbons (Fsp3) is 0.438. The standard InChI is InChI=1S/C16H18N4O4S/c1-10-17-18-15-9-20(14(16(21)22)8-19(10)15)25(23,24)13-6-4-12(5-7-13)11-2-3-11/h4-7,11,14H,2-3,8-9H2,1H3,(H,21,22). The molecule has 1 aromatic carbocycles. The van der Waals surface area contributed by atoms with Crippen molar-refractivity contribution in [2.75, 3.05) is 0 Å². The number of carboxylic acids is 1. The summed E-state index contributed by atoms with van der Waals surface area (Å²) < 4.78 is 28.7. The zero-order valence-corrected chi connectivity index (χ0v) is 14.5. The number of nitrogens with zero attached hydrogens (tertiary/aromatic N) is 4. The number of carbonyl (C=O) groups is 1.